The summed E-state index contributed by atoms with van der Waals surface area (Å²) in [5.74, 6) is 4.99. The molecule has 0 heterocycles. The molecule has 0 amide bonds. The van der Waals surface area contributed by atoms with Crippen LogP contribution in [-0.4, -0.2) is 5.78 Å². The standard InChI is InChI=1S/C22H30O.C2H6/c1-5-13-8-10-22(4)15-9-11-21(3)14(6-7-16(21)23)17(15)12(2)18-19(13)20(18)22;1-2/h5,14-15,17-20H,2,6-11H2,1,3-4H3;1-2H3/b13-5+;. The van der Waals surface area contributed by atoms with Crippen molar-refractivity contribution in [1.82, 2.24) is 0 Å². The van der Waals surface area contributed by atoms with E-state index >= 15 is 0 Å². The Bertz CT molecular complexity index is 642. The summed E-state index contributed by atoms with van der Waals surface area (Å²) in [6.07, 6.45) is 9.43. The van der Waals surface area contributed by atoms with Crippen LogP contribution < -0.4 is 0 Å². The lowest BCUT2D eigenvalue weighted by Gasteiger charge is -2.56. The molecule has 1 nitrogen and oxygen atoms in total. The SMILES string of the molecule is C=C1C2C3CCC(=O)C3(C)CCC2C2(C)CC/C(=C\C)C3C1C32.CC. The van der Waals surface area contributed by atoms with Gasteiger partial charge in [0, 0.05) is 11.8 Å². The molecule has 0 aliphatic heterocycles. The van der Waals surface area contributed by atoms with E-state index in [9.17, 15) is 4.79 Å². The number of allylic oxidation sites excluding steroid dienone is 3. The van der Waals surface area contributed by atoms with Gasteiger partial charge >= 0.3 is 0 Å². The van der Waals surface area contributed by atoms with Crippen molar-refractivity contribution >= 4 is 5.78 Å². The third-order valence-electron chi connectivity index (χ3n) is 9.22. The van der Waals surface area contributed by atoms with Crippen molar-refractivity contribution in [1.29, 1.82) is 0 Å². The first kappa shape index (κ1) is 17.6. The van der Waals surface area contributed by atoms with Gasteiger partial charge in [-0.25, -0.2) is 0 Å². The van der Waals surface area contributed by atoms with Crippen LogP contribution in [0.4, 0.5) is 0 Å². The Hall–Kier alpha value is -0.850. The lowest BCUT2D eigenvalue weighted by molar-refractivity contribution is -0.132. The summed E-state index contributed by atoms with van der Waals surface area (Å²) in [5.41, 5.74) is 3.75. The summed E-state index contributed by atoms with van der Waals surface area (Å²) in [6, 6.07) is 0. The van der Waals surface area contributed by atoms with Crippen molar-refractivity contribution in [2.24, 2.45) is 46.3 Å². The molecule has 5 fully saturated rings. The molecule has 0 radical (unpaired) electrons. The monoisotopic (exact) mass is 340 g/mol. The van der Waals surface area contributed by atoms with Crippen LogP contribution in [0.3, 0.4) is 0 Å². The van der Waals surface area contributed by atoms with Gasteiger partial charge in [0.15, 0.2) is 0 Å². The van der Waals surface area contributed by atoms with Gasteiger partial charge in [0.2, 0.25) is 0 Å². The van der Waals surface area contributed by atoms with Crippen LogP contribution >= 0.6 is 0 Å². The number of hydrogen-bond acceptors (Lipinski definition) is 1. The van der Waals surface area contributed by atoms with E-state index in [0.717, 1.165) is 42.9 Å². The van der Waals surface area contributed by atoms with Crippen molar-refractivity contribution in [2.75, 3.05) is 0 Å². The van der Waals surface area contributed by atoms with Crippen LogP contribution in [0.25, 0.3) is 0 Å². The molecule has 8 atom stereocenters. The minimum Gasteiger partial charge on any atom is -0.299 e. The topological polar surface area (TPSA) is 17.1 Å². The Balaban J connectivity index is 0.000000758. The van der Waals surface area contributed by atoms with Crippen molar-refractivity contribution in [3.05, 3.63) is 23.8 Å². The van der Waals surface area contributed by atoms with Gasteiger partial charge in [-0.05, 0) is 80.0 Å². The van der Waals surface area contributed by atoms with Crippen LogP contribution in [-0.2, 0) is 4.79 Å². The fourth-order valence-electron chi connectivity index (χ4n) is 7.96. The third kappa shape index (κ3) is 1.99. The Morgan fingerprint density at radius 3 is 2.40 bits per heavy atom. The van der Waals surface area contributed by atoms with Gasteiger partial charge in [0.05, 0.1) is 0 Å². The molecule has 0 aromatic heterocycles. The molecule has 0 aromatic carbocycles. The highest BCUT2D eigenvalue weighted by Crippen LogP contribution is 2.78. The van der Waals surface area contributed by atoms with E-state index in [2.05, 4.69) is 33.4 Å². The van der Waals surface area contributed by atoms with Gasteiger partial charge < -0.3 is 0 Å². The maximum atomic E-state index is 12.6. The number of hydrogen-bond donors (Lipinski definition) is 0. The number of ketones is 1. The summed E-state index contributed by atoms with van der Waals surface area (Å²) in [4.78, 5) is 12.6. The van der Waals surface area contributed by atoms with Crippen molar-refractivity contribution in [3.63, 3.8) is 0 Å². The first-order valence-electron chi connectivity index (χ1n) is 10.8. The van der Waals surface area contributed by atoms with Crippen LogP contribution in [0.2, 0.25) is 0 Å². The second-order valence-electron chi connectivity index (χ2n) is 9.68. The van der Waals surface area contributed by atoms with E-state index in [4.69, 9.17) is 0 Å². The molecule has 0 bridgehead atoms. The number of rotatable bonds is 0. The molecule has 5 aliphatic carbocycles. The van der Waals surface area contributed by atoms with Gasteiger partial charge in [0.25, 0.3) is 0 Å². The van der Waals surface area contributed by atoms with E-state index in [1.165, 1.54) is 19.3 Å². The van der Waals surface area contributed by atoms with Crippen molar-refractivity contribution < 1.29 is 4.79 Å². The highest BCUT2D eigenvalue weighted by molar-refractivity contribution is 5.87. The summed E-state index contributed by atoms with van der Waals surface area (Å²) in [6.45, 7) is 15.8. The molecule has 5 rings (SSSR count). The maximum absolute atomic E-state index is 12.6. The van der Waals surface area contributed by atoms with Gasteiger partial charge in [-0.15, -0.1) is 0 Å². The molecular formula is C24H36O. The second-order valence-corrected chi connectivity index (χ2v) is 9.68. The first-order chi connectivity index (χ1) is 11.9. The molecule has 0 aromatic rings. The third-order valence-corrected chi connectivity index (χ3v) is 9.22. The highest BCUT2D eigenvalue weighted by Gasteiger charge is 2.72. The number of fused-ring (bicyclic) bond motifs is 5. The normalized spacial score (nSPS) is 54.2. The fraction of sp³-hybridized carbons (Fsp3) is 0.792. The Morgan fingerprint density at radius 1 is 1.00 bits per heavy atom. The van der Waals surface area contributed by atoms with Crippen LogP contribution in [0.5, 0.6) is 0 Å². The molecule has 0 spiro atoms. The van der Waals surface area contributed by atoms with E-state index in [0.29, 0.717) is 23.0 Å². The van der Waals surface area contributed by atoms with E-state index < -0.39 is 0 Å². The van der Waals surface area contributed by atoms with Crippen molar-refractivity contribution in [2.45, 2.75) is 73.1 Å². The second kappa shape index (κ2) is 5.57. The first-order valence-corrected chi connectivity index (χ1v) is 10.8. The lowest BCUT2D eigenvalue weighted by Crippen LogP contribution is -2.50. The fourth-order valence-corrected chi connectivity index (χ4v) is 7.96. The van der Waals surface area contributed by atoms with Crippen LogP contribution in [0.1, 0.15) is 73.1 Å². The summed E-state index contributed by atoms with van der Waals surface area (Å²) in [5, 5.41) is 0. The Labute approximate surface area is 154 Å². The molecule has 0 N–H and O–H groups in total. The molecule has 5 aliphatic rings. The Kier molecular flexibility index (Phi) is 3.91. The predicted octanol–water partition coefficient (Wildman–Crippen LogP) is 6.20. The molecule has 25 heavy (non-hydrogen) atoms. The van der Waals surface area contributed by atoms with Crippen LogP contribution in [0.15, 0.2) is 23.8 Å². The zero-order valence-corrected chi connectivity index (χ0v) is 16.9. The van der Waals surface area contributed by atoms with Crippen LogP contribution in [0, 0.1) is 46.3 Å². The molecule has 1 heteroatoms. The van der Waals surface area contributed by atoms with E-state index in [-0.39, 0.29) is 5.41 Å². The van der Waals surface area contributed by atoms with Gasteiger partial charge in [-0.3, -0.25) is 4.79 Å². The predicted molar refractivity (Wildman–Crippen MR) is 104 cm³/mol. The molecule has 138 valence electrons. The van der Waals surface area contributed by atoms with Gasteiger partial charge in [-0.1, -0.05) is 51.5 Å². The number of carbonyl (C=O) groups excluding carboxylic acids is 1. The molecule has 0 saturated heterocycles. The zero-order chi connectivity index (χ0) is 18.1. The summed E-state index contributed by atoms with van der Waals surface area (Å²) in [7, 11) is 0. The molecular weight excluding hydrogens is 304 g/mol. The molecule has 5 saturated carbocycles. The molecule has 8 unspecified atom stereocenters. The number of Topliss-reactive ketones (excluding diaryl/α,β-unsaturated/α-hetero) is 1. The average Bonchev–Trinajstić information content (AvgIpc) is 3.31. The van der Waals surface area contributed by atoms with E-state index in [1.54, 1.807) is 11.1 Å². The summed E-state index contributed by atoms with van der Waals surface area (Å²) < 4.78 is 0. The quantitative estimate of drug-likeness (QED) is 0.480. The zero-order valence-electron chi connectivity index (χ0n) is 16.9. The maximum Gasteiger partial charge on any atom is 0.139 e. The summed E-state index contributed by atoms with van der Waals surface area (Å²) >= 11 is 0. The lowest BCUT2D eigenvalue weighted by atomic mass is 9.48. The largest absolute Gasteiger partial charge is 0.299 e. The highest BCUT2D eigenvalue weighted by atomic mass is 16.1. The minimum absolute atomic E-state index is 0.0281. The Morgan fingerprint density at radius 2 is 1.72 bits per heavy atom. The number of carbonyl (C=O) groups is 1. The van der Waals surface area contributed by atoms with Gasteiger partial charge in [0.1, 0.15) is 5.78 Å². The van der Waals surface area contributed by atoms with Gasteiger partial charge in [-0.2, -0.15) is 0 Å². The van der Waals surface area contributed by atoms with Crippen molar-refractivity contribution in [3.8, 4) is 0 Å². The minimum atomic E-state index is -0.0281. The average molecular weight is 341 g/mol. The van der Waals surface area contributed by atoms with E-state index in [1.807, 2.05) is 13.8 Å². The smallest absolute Gasteiger partial charge is 0.139 e.